The van der Waals surface area contributed by atoms with E-state index in [9.17, 15) is 17.6 Å². The van der Waals surface area contributed by atoms with Crippen molar-refractivity contribution in [2.45, 2.75) is 24.3 Å². The Kier molecular flexibility index (Phi) is 5.55. The van der Waals surface area contributed by atoms with Crippen molar-refractivity contribution in [2.75, 3.05) is 20.1 Å². The van der Waals surface area contributed by atoms with Crippen molar-refractivity contribution in [1.82, 2.24) is 9.21 Å². The van der Waals surface area contributed by atoms with E-state index < -0.39 is 10.0 Å². The third-order valence-corrected chi connectivity index (χ3v) is 6.92. The molecular weight excluding hydrogens is 391 g/mol. The van der Waals surface area contributed by atoms with Crippen LogP contribution >= 0.6 is 11.6 Å². The Morgan fingerprint density at radius 1 is 1.26 bits per heavy atom. The maximum absolute atomic E-state index is 13.6. The molecule has 1 atom stereocenters. The molecule has 3 rings (SSSR count). The highest BCUT2D eigenvalue weighted by Crippen LogP contribution is 2.30. The minimum Gasteiger partial charge on any atom is -0.334 e. The van der Waals surface area contributed by atoms with Crippen LogP contribution in [0.25, 0.3) is 0 Å². The van der Waals surface area contributed by atoms with E-state index in [4.69, 9.17) is 11.6 Å². The van der Waals surface area contributed by atoms with Gasteiger partial charge in [-0.25, -0.2) is 12.8 Å². The Morgan fingerprint density at radius 2 is 1.93 bits per heavy atom. The first-order chi connectivity index (χ1) is 12.7. The molecule has 27 heavy (non-hydrogen) atoms. The number of sulfonamides is 1. The number of carbonyl (C=O) groups excluding carboxylic acids is 1. The molecule has 1 aliphatic heterocycles. The molecule has 0 saturated heterocycles. The van der Waals surface area contributed by atoms with Gasteiger partial charge in [-0.15, -0.1) is 0 Å². The number of benzene rings is 2. The molecule has 0 N–H and O–H groups in total. The van der Waals surface area contributed by atoms with Crippen molar-refractivity contribution < 1.29 is 17.6 Å². The first-order valence-corrected chi connectivity index (χ1v) is 10.3. The molecule has 0 aliphatic carbocycles. The minimum atomic E-state index is -3.81. The predicted molar refractivity (Wildman–Crippen MR) is 101 cm³/mol. The molecule has 2 aromatic carbocycles. The van der Waals surface area contributed by atoms with Crippen molar-refractivity contribution in [2.24, 2.45) is 0 Å². The lowest BCUT2D eigenvalue weighted by Gasteiger charge is -2.36. The van der Waals surface area contributed by atoms with E-state index in [1.165, 1.54) is 43.4 Å². The molecule has 1 heterocycles. The zero-order chi connectivity index (χ0) is 19.8. The Hall–Kier alpha value is -1.96. The second kappa shape index (κ2) is 7.58. The van der Waals surface area contributed by atoms with E-state index in [0.717, 1.165) is 15.4 Å². The summed E-state index contributed by atoms with van der Waals surface area (Å²) in [6.45, 7) is 2.00. The summed E-state index contributed by atoms with van der Waals surface area (Å²) in [5.41, 5.74) is 1.77. The lowest BCUT2D eigenvalue weighted by Crippen LogP contribution is -2.45. The Bertz CT molecular complexity index is 963. The standard InChI is InChI=1S/C19H20ClFN2O3S/c1-13-18-11-16(21)6-3-14(18)9-10-23(13)19(24)12-22(2)27(25,26)17-7-4-15(20)5-8-17/h3-8,11,13H,9-10,12H2,1-2H3. The molecule has 0 spiro atoms. The number of amides is 1. The lowest BCUT2D eigenvalue weighted by molar-refractivity contribution is -0.133. The Morgan fingerprint density at radius 3 is 2.59 bits per heavy atom. The molecule has 0 aromatic heterocycles. The minimum absolute atomic E-state index is 0.0707. The van der Waals surface area contributed by atoms with Gasteiger partial charge in [0.15, 0.2) is 0 Å². The topological polar surface area (TPSA) is 57.7 Å². The van der Waals surface area contributed by atoms with Gasteiger partial charge in [0, 0.05) is 18.6 Å². The van der Waals surface area contributed by atoms with Gasteiger partial charge >= 0.3 is 0 Å². The third kappa shape index (κ3) is 4.00. The molecule has 1 unspecified atom stereocenters. The molecule has 2 aromatic rings. The molecule has 1 amide bonds. The van der Waals surface area contributed by atoms with Crippen LogP contribution < -0.4 is 0 Å². The molecule has 144 valence electrons. The van der Waals surface area contributed by atoms with Crippen molar-refractivity contribution in [3.05, 3.63) is 64.4 Å². The van der Waals surface area contributed by atoms with Crippen LogP contribution in [0.2, 0.25) is 5.02 Å². The van der Waals surface area contributed by atoms with Crippen LogP contribution in [0.3, 0.4) is 0 Å². The number of likely N-dealkylation sites (N-methyl/N-ethyl adjacent to an activating group) is 1. The van der Waals surface area contributed by atoms with Gasteiger partial charge in [-0.05, 0) is 60.9 Å². The van der Waals surface area contributed by atoms with E-state index in [-0.39, 0.29) is 29.2 Å². The van der Waals surface area contributed by atoms with Crippen LogP contribution in [0.1, 0.15) is 24.1 Å². The number of hydrogen-bond donors (Lipinski definition) is 0. The predicted octanol–water partition coefficient (Wildman–Crippen LogP) is 3.25. The summed E-state index contributed by atoms with van der Waals surface area (Å²) in [5.74, 6) is -0.671. The van der Waals surface area contributed by atoms with E-state index in [1.54, 1.807) is 11.0 Å². The molecule has 0 radical (unpaired) electrons. The number of nitrogens with zero attached hydrogens (tertiary/aromatic N) is 2. The van der Waals surface area contributed by atoms with Crippen LogP contribution in [-0.4, -0.2) is 43.7 Å². The van der Waals surface area contributed by atoms with Crippen molar-refractivity contribution >= 4 is 27.5 Å². The highest BCUT2D eigenvalue weighted by atomic mass is 35.5. The van der Waals surface area contributed by atoms with Gasteiger partial charge in [-0.2, -0.15) is 4.31 Å². The normalized spacial score (nSPS) is 17.1. The summed E-state index contributed by atoms with van der Waals surface area (Å²) < 4.78 is 39.9. The smallest absolute Gasteiger partial charge is 0.243 e. The molecule has 0 saturated carbocycles. The number of halogens is 2. The van der Waals surface area contributed by atoms with E-state index in [0.29, 0.717) is 18.0 Å². The molecule has 5 nitrogen and oxygen atoms in total. The maximum Gasteiger partial charge on any atom is 0.243 e. The fourth-order valence-electron chi connectivity index (χ4n) is 3.28. The molecule has 8 heteroatoms. The SMILES string of the molecule is CC1c2cc(F)ccc2CCN1C(=O)CN(C)S(=O)(=O)c1ccc(Cl)cc1. The van der Waals surface area contributed by atoms with Gasteiger partial charge in [0.25, 0.3) is 0 Å². The summed E-state index contributed by atoms with van der Waals surface area (Å²) in [6, 6.07) is 10.1. The third-order valence-electron chi connectivity index (χ3n) is 4.85. The van der Waals surface area contributed by atoms with Crippen molar-refractivity contribution in [1.29, 1.82) is 0 Å². The summed E-state index contributed by atoms with van der Waals surface area (Å²) >= 11 is 5.80. The van der Waals surface area contributed by atoms with E-state index in [2.05, 4.69) is 0 Å². The summed E-state index contributed by atoms with van der Waals surface area (Å²) in [7, 11) is -2.44. The number of carbonyl (C=O) groups is 1. The first kappa shape index (κ1) is 19.8. The van der Waals surface area contributed by atoms with Crippen molar-refractivity contribution in [3.8, 4) is 0 Å². The van der Waals surface area contributed by atoms with Crippen LogP contribution in [0.15, 0.2) is 47.4 Å². The van der Waals surface area contributed by atoms with Gasteiger partial charge in [0.05, 0.1) is 17.5 Å². The fraction of sp³-hybridized carbons (Fsp3) is 0.316. The Labute approximate surface area is 163 Å². The molecular formula is C19H20ClFN2O3S. The summed E-state index contributed by atoms with van der Waals surface area (Å²) in [6.07, 6.45) is 0.610. The highest BCUT2D eigenvalue weighted by molar-refractivity contribution is 7.89. The largest absolute Gasteiger partial charge is 0.334 e. The zero-order valence-electron chi connectivity index (χ0n) is 15.0. The highest BCUT2D eigenvalue weighted by Gasteiger charge is 2.31. The molecule has 0 fully saturated rings. The number of hydrogen-bond acceptors (Lipinski definition) is 3. The average molecular weight is 411 g/mol. The average Bonchev–Trinajstić information content (AvgIpc) is 2.62. The van der Waals surface area contributed by atoms with Crippen LogP contribution in [0.4, 0.5) is 4.39 Å². The lowest BCUT2D eigenvalue weighted by atomic mass is 9.93. The fourth-order valence-corrected chi connectivity index (χ4v) is 4.52. The second-order valence-electron chi connectivity index (χ2n) is 6.57. The van der Waals surface area contributed by atoms with Gasteiger partial charge in [-0.1, -0.05) is 17.7 Å². The maximum atomic E-state index is 13.6. The monoisotopic (exact) mass is 410 g/mol. The van der Waals surface area contributed by atoms with E-state index >= 15 is 0 Å². The second-order valence-corrected chi connectivity index (χ2v) is 9.05. The summed E-state index contributed by atoms with van der Waals surface area (Å²) in [4.78, 5) is 14.4. The van der Waals surface area contributed by atoms with Crippen LogP contribution in [-0.2, 0) is 21.2 Å². The quantitative estimate of drug-likeness (QED) is 0.777. The van der Waals surface area contributed by atoms with Gasteiger partial charge in [0.1, 0.15) is 5.82 Å². The summed E-state index contributed by atoms with van der Waals surface area (Å²) in [5, 5.41) is 0.431. The number of rotatable bonds is 4. The van der Waals surface area contributed by atoms with Crippen LogP contribution in [0.5, 0.6) is 0 Å². The molecule has 1 aliphatic rings. The number of fused-ring (bicyclic) bond motifs is 1. The van der Waals surface area contributed by atoms with Crippen molar-refractivity contribution in [3.63, 3.8) is 0 Å². The molecule has 0 bridgehead atoms. The Balaban J connectivity index is 1.76. The van der Waals surface area contributed by atoms with Crippen LogP contribution in [0, 0.1) is 5.82 Å². The van der Waals surface area contributed by atoms with Gasteiger partial charge in [-0.3, -0.25) is 4.79 Å². The first-order valence-electron chi connectivity index (χ1n) is 8.50. The van der Waals surface area contributed by atoms with Gasteiger partial charge in [0.2, 0.25) is 15.9 Å². The van der Waals surface area contributed by atoms with E-state index in [1.807, 2.05) is 6.92 Å². The van der Waals surface area contributed by atoms with Gasteiger partial charge < -0.3 is 4.90 Å². The zero-order valence-corrected chi connectivity index (χ0v) is 16.6.